The van der Waals surface area contributed by atoms with Crippen LogP contribution in [0, 0.1) is 5.92 Å². The van der Waals surface area contributed by atoms with Crippen molar-refractivity contribution in [3.8, 4) is 11.5 Å². The molecule has 1 unspecified atom stereocenters. The number of hydrogen-bond donors (Lipinski definition) is 1. The fourth-order valence-electron chi connectivity index (χ4n) is 2.89. The zero-order valence-electron chi connectivity index (χ0n) is 12.9. The van der Waals surface area contributed by atoms with Crippen molar-refractivity contribution in [1.29, 1.82) is 0 Å². The molecule has 0 fully saturated rings. The molecule has 1 N–H and O–H groups in total. The zero-order valence-corrected chi connectivity index (χ0v) is 12.9. The molecule has 1 aliphatic rings. The standard InChI is InChI=1S/C17H27NO2/c1-4-13(5-2)12-15(18-6-3)14-8-7-9-16-17(14)20-11-10-19-16/h7-9,13,15,18H,4-6,10-12H2,1-3H3. The minimum Gasteiger partial charge on any atom is -0.486 e. The third-order valence-corrected chi connectivity index (χ3v) is 4.15. The van der Waals surface area contributed by atoms with Crippen molar-refractivity contribution in [3.05, 3.63) is 23.8 Å². The maximum atomic E-state index is 5.87. The van der Waals surface area contributed by atoms with E-state index < -0.39 is 0 Å². The van der Waals surface area contributed by atoms with Gasteiger partial charge in [-0.3, -0.25) is 0 Å². The van der Waals surface area contributed by atoms with Crippen LogP contribution in [0.2, 0.25) is 0 Å². The van der Waals surface area contributed by atoms with Gasteiger partial charge in [0.2, 0.25) is 0 Å². The van der Waals surface area contributed by atoms with Crippen LogP contribution in [-0.2, 0) is 0 Å². The highest BCUT2D eigenvalue weighted by atomic mass is 16.6. The molecule has 0 amide bonds. The first-order chi connectivity index (χ1) is 9.80. The van der Waals surface area contributed by atoms with E-state index in [-0.39, 0.29) is 0 Å². The van der Waals surface area contributed by atoms with Crippen LogP contribution in [0.15, 0.2) is 18.2 Å². The second-order valence-corrected chi connectivity index (χ2v) is 5.40. The Morgan fingerprint density at radius 3 is 2.55 bits per heavy atom. The number of benzene rings is 1. The Morgan fingerprint density at radius 1 is 1.10 bits per heavy atom. The van der Waals surface area contributed by atoms with Gasteiger partial charge >= 0.3 is 0 Å². The lowest BCUT2D eigenvalue weighted by Crippen LogP contribution is -2.25. The summed E-state index contributed by atoms with van der Waals surface area (Å²) in [7, 11) is 0. The highest BCUT2D eigenvalue weighted by Crippen LogP contribution is 2.39. The van der Waals surface area contributed by atoms with E-state index >= 15 is 0 Å². The quantitative estimate of drug-likeness (QED) is 0.819. The monoisotopic (exact) mass is 277 g/mol. The summed E-state index contributed by atoms with van der Waals surface area (Å²) in [5, 5.41) is 3.61. The number of hydrogen-bond acceptors (Lipinski definition) is 3. The normalized spacial score (nSPS) is 15.4. The van der Waals surface area contributed by atoms with E-state index in [0.717, 1.165) is 30.4 Å². The highest BCUT2D eigenvalue weighted by molar-refractivity contribution is 5.48. The van der Waals surface area contributed by atoms with Crippen molar-refractivity contribution in [1.82, 2.24) is 5.32 Å². The molecular weight excluding hydrogens is 250 g/mol. The van der Waals surface area contributed by atoms with Crippen molar-refractivity contribution in [2.45, 2.75) is 46.1 Å². The van der Waals surface area contributed by atoms with Crippen LogP contribution in [0.4, 0.5) is 0 Å². The fourth-order valence-corrected chi connectivity index (χ4v) is 2.89. The van der Waals surface area contributed by atoms with E-state index in [9.17, 15) is 0 Å². The predicted octanol–water partition coefficient (Wildman–Crippen LogP) is 3.93. The number of nitrogens with one attached hydrogen (secondary N) is 1. The minimum atomic E-state index is 0.349. The summed E-state index contributed by atoms with van der Waals surface area (Å²) in [6, 6.07) is 6.59. The van der Waals surface area contributed by atoms with E-state index in [2.05, 4.69) is 38.2 Å². The Labute approximate surface area is 122 Å². The van der Waals surface area contributed by atoms with Crippen molar-refractivity contribution in [3.63, 3.8) is 0 Å². The van der Waals surface area contributed by atoms with Gasteiger partial charge in [0, 0.05) is 11.6 Å². The first-order valence-corrected chi connectivity index (χ1v) is 7.91. The molecular formula is C17H27NO2. The van der Waals surface area contributed by atoms with E-state index in [1.165, 1.54) is 18.4 Å². The Kier molecular flexibility index (Phi) is 5.72. The van der Waals surface area contributed by atoms with Crippen molar-refractivity contribution in [2.24, 2.45) is 5.92 Å². The van der Waals surface area contributed by atoms with Gasteiger partial charge in [-0.15, -0.1) is 0 Å². The van der Waals surface area contributed by atoms with Crippen LogP contribution in [0.5, 0.6) is 11.5 Å². The maximum Gasteiger partial charge on any atom is 0.166 e. The lowest BCUT2D eigenvalue weighted by molar-refractivity contribution is 0.168. The average molecular weight is 277 g/mol. The molecule has 3 heteroatoms. The van der Waals surface area contributed by atoms with Crippen LogP contribution in [0.3, 0.4) is 0 Å². The molecule has 3 nitrogen and oxygen atoms in total. The number of ether oxygens (including phenoxy) is 2. The Bertz CT molecular complexity index is 415. The molecule has 0 aromatic heterocycles. The Balaban J connectivity index is 2.24. The topological polar surface area (TPSA) is 30.5 Å². The first-order valence-electron chi connectivity index (χ1n) is 7.91. The first kappa shape index (κ1) is 15.2. The van der Waals surface area contributed by atoms with Gasteiger partial charge in [-0.05, 0) is 24.9 Å². The molecule has 112 valence electrons. The van der Waals surface area contributed by atoms with Gasteiger partial charge < -0.3 is 14.8 Å². The summed E-state index contributed by atoms with van der Waals surface area (Å²) in [5.74, 6) is 2.58. The van der Waals surface area contributed by atoms with Crippen LogP contribution in [-0.4, -0.2) is 19.8 Å². The summed E-state index contributed by atoms with van der Waals surface area (Å²) < 4.78 is 11.6. The van der Waals surface area contributed by atoms with E-state index in [4.69, 9.17) is 9.47 Å². The molecule has 0 bridgehead atoms. The van der Waals surface area contributed by atoms with Crippen molar-refractivity contribution >= 4 is 0 Å². The molecule has 0 radical (unpaired) electrons. The van der Waals surface area contributed by atoms with Gasteiger partial charge in [-0.2, -0.15) is 0 Å². The third-order valence-electron chi connectivity index (χ3n) is 4.15. The SMILES string of the molecule is CCNC(CC(CC)CC)c1cccc2c1OCCO2. The molecule has 1 aromatic rings. The zero-order chi connectivity index (χ0) is 14.4. The van der Waals surface area contributed by atoms with Gasteiger partial charge in [0.15, 0.2) is 11.5 Å². The number of rotatable bonds is 7. The molecule has 0 saturated carbocycles. The van der Waals surface area contributed by atoms with Crippen LogP contribution in [0.25, 0.3) is 0 Å². The third kappa shape index (κ3) is 3.45. The Hall–Kier alpha value is -1.22. The molecule has 2 rings (SSSR count). The summed E-state index contributed by atoms with van der Waals surface area (Å²) in [6.07, 6.45) is 3.61. The molecule has 0 spiro atoms. The lowest BCUT2D eigenvalue weighted by atomic mass is 9.90. The summed E-state index contributed by atoms with van der Waals surface area (Å²) >= 11 is 0. The summed E-state index contributed by atoms with van der Waals surface area (Å²) in [4.78, 5) is 0. The molecule has 1 aliphatic heterocycles. The van der Waals surface area contributed by atoms with E-state index in [1.807, 2.05) is 6.07 Å². The lowest BCUT2D eigenvalue weighted by Gasteiger charge is -2.28. The number of para-hydroxylation sites is 1. The van der Waals surface area contributed by atoms with Crippen molar-refractivity contribution < 1.29 is 9.47 Å². The van der Waals surface area contributed by atoms with E-state index in [0.29, 0.717) is 19.3 Å². The van der Waals surface area contributed by atoms with Gasteiger partial charge in [-0.25, -0.2) is 0 Å². The average Bonchev–Trinajstić information content (AvgIpc) is 2.51. The number of fused-ring (bicyclic) bond motifs is 1. The van der Waals surface area contributed by atoms with Crippen LogP contribution in [0.1, 0.15) is 51.6 Å². The maximum absolute atomic E-state index is 5.87. The largest absolute Gasteiger partial charge is 0.486 e. The summed E-state index contributed by atoms with van der Waals surface area (Å²) in [6.45, 7) is 8.97. The minimum absolute atomic E-state index is 0.349. The predicted molar refractivity (Wildman–Crippen MR) is 82.5 cm³/mol. The molecule has 1 heterocycles. The molecule has 0 saturated heterocycles. The van der Waals surface area contributed by atoms with Gasteiger partial charge in [-0.1, -0.05) is 45.7 Å². The van der Waals surface area contributed by atoms with Gasteiger partial charge in [0.1, 0.15) is 13.2 Å². The van der Waals surface area contributed by atoms with Crippen LogP contribution >= 0.6 is 0 Å². The second-order valence-electron chi connectivity index (χ2n) is 5.40. The molecule has 20 heavy (non-hydrogen) atoms. The fraction of sp³-hybridized carbons (Fsp3) is 0.647. The smallest absolute Gasteiger partial charge is 0.166 e. The molecule has 0 aliphatic carbocycles. The Morgan fingerprint density at radius 2 is 1.85 bits per heavy atom. The molecule has 1 aromatic carbocycles. The highest BCUT2D eigenvalue weighted by Gasteiger charge is 2.23. The van der Waals surface area contributed by atoms with Crippen LogP contribution < -0.4 is 14.8 Å². The second kappa shape index (κ2) is 7.53. The van der Waals surface area contributed by atoms with Gasteiger partial charge in [0.25, 0.3) is 0 Å². The van der Waals surface area contributed by atoms with Crippen molar-refractivity contribution in [2.75, 3.05) is 19.8 Å². The van der Waals surface area contributed by atoms with Gasteiger partial charge in [0.05, 0.1) is 0 Å². The summed E-state index contributed by atoms with van der Waals surface area (Å²) in [5.41, 5.74) is 1.25. The van der Waals surface area contributed by atoms with E-state index in [1.54, 1.807) is 0 Å². The molecule has 1 atom stereocenters.